The zero-order valence-electron chi connectivity index (χ0n) is 13.9. The summed E-state index contributed by atoms with van der Waals surface area (Å²) in [7, 11) is 1.90. The van der Waals surface area contributed by atoms with Crippen LogP contribution in [0.1, 0.15) is 6.92 Å². The maximum atomic E-state index is 12.8. The molecule has 2 aromatic carbocycles. The number of quaternary nitrogens is 1. The molecule has 0 fully saturated rings. The number of aromatic nitrogens is 1. The van der Waals surface area contributed by atoms with Gasteiger partial charge < -0.3 is 5.73 Å². The van der Waals surface area contributed by atoms with E-state index < -0.39 is 0 Å². The van der Waals surface area contributed by atoms with Gasteiger partial charge >= 0.3 is 5.91 Å². The van der Waals surface area contributed by atoms with Crippen LogP contribution >= 0.6 is 11.3 Å². The molecule has 1 aliphatic rings. The normalized spacial score (nSPS) is 20.6. The number of rotatable bonds is 3. The van der Waals surface area contributed by atoms with E-state index in [9.17, 15) is 4.79 Å². The van der Waals surface area contributed by atoms with Crippen LogP contribution in [0.5, 0.6) is 0 Å². The van der Waals surface area contributed by atoms with E-state index in [2.05, 4.69) is 10.4 Å². The maximum Gasteiger partial charge on any atom is 0.328 e. The lowest BCUT2D eigenvalue weighted by molar-refractivity contribution is -0.848. The Labute approximate surface area is 149 Å². The molecule has 1 unspecified atom stereocenters. The molecule has 7 heteroatoms. The lowest BCUT2D eigenvalue weighted by atomic mass is 10.3. The van der Waals surface area contributed by atoms with E-state index in [-0.39, 0.29) is 16.3 Å². The smallest absolute Gasteiger partial charge is 0.328 e. The highest BCUT2D eigenvalue weighted by atomic mass is 32.1. The number of para-hydroxylation sites is 2. The lowest BCUT2D eigenvalue weighted by Gasteiger charge is -2.36. The lowest BCUT2D eigenvalue weighted by Crippen LogP contribution is -2.58. The van der Waals surface area contributed by atoms with Crippen LogP contribution in [0.15, 0.2) is 66.0 Å². The summed E-state index contributed by atoms with van der Waals surface area (Å²) < 4.78 is 1.12. The second-order valence-electron chi connectivity index (χ2n) is 6.01. The number of hydrogen-bond acceptors (Lipinski definition) is 5. The van der Waals surface area contributed by atoms with Gasteiger partial charge in [0.05, 0.1) is 10.2 Å². The molecule has 25 heavy (non-hydrogen) atoms. The van der Waals surface area contributed by atoms with Gasteiger partial charge in [0.2, 0.25) is 5.13 Å². The van der Waals surface area contributed by atoms with Crippen LogP contribution in [-0.4, -0.2) is 22.6 Å². The highest BCUT2D eigenvalue weighted by molar-refractivity contribution is 7.22. The van der Waals surface area contributed by atoms with Gasteiger partial charge in [0, 0.05) is 6.92 Å². The van der Waals surface area contributed by atoms with Crippen molar-refractivity contribution in [2.75, 3.05) is 17.5 Å². The summed E-state index contributed by atoms with van der Waals surface area (Å²) in [6, 6.07) is 17.4. The Morgan fingerprint density at radius 3 is 2.52 bits per heavy atom. The highest BCUT2D eigenvalue weighted by Gasteiger charge is 2.49. The summed E-state index contributed by atoms with van der Waals surface area (Å²) >= 11 is 1.55. The fourth-order valence-corrected chi connectivity index (χ4v) is 3.93. The number of carbonyl (C=O) groups is 1. The van der Waals surface area contributed by atoms with Gasteiger partial charge in [-0.2, -0.15) is 5.43 Å². The molecular formula is C18H18N5OS+. The number of anilines is 2. The number of carbonyl (C=O) groups excluding carboxylic acids is 1. The number of nitrogens with one attached hydrogen (secondary N) is 1. The van der Waals surface area contributed by atoms with Gasteiger partial charge in [-0.3, -0.25) is 4.79 Å². The van der Waals surface area contributed by atoms with E-state index in [1.165, 1.54) is 0 Å². The first kappa shape index (κ1) is 15.6. The van der Waals surface area contributed by atoms with Gasteiger partial charge in [-0.1, -0.05) is 46.4 Å². The number of nitrogens with zero attached hydrogens (tertiary/aromatic N) is 3. The standard InChI is InChI=1S/C18H18N5OS/c1-12-16(19)17(24)22(13-8-4-3-5-9-13)23(12,2)21-18-20-14-10-6-7-11-15(14)25-18/h3-11H,19H2,1-2H3,(H,20,21)/q+1. The molecule has 0 aliphatic carbocycles. The molecule has 126 valence electrons. The molecule has 6 nitrogen and oxygen atoms in total. The van der Waals surface area contributed by atoms with Gasteiger partial charge in [0.15, 0.2) is 11.4 Å². The second-order valence-corrected chi connectivity index (χ2v) is 7.04. The van der Waals surface area contributed by atoms with E-state index >= 15 is 0 Å². The number of fused-ring (bicyclic) bond motifs is 1. The number of amides is 1. The molecule has 0 saturated carbocycles. The summed E-state index contributed by atoms with van der Waals surface area (Å²) in [5.74, 6) is -0.222. The molecule has 1 aromatic heterocycles. The Morgan fingerprint density at radius 1 is 1.12 bits per heavy atom. The third-order valence-corrected chi connectivity index (χ3v) is 5.41. The van der Waals surface area contributed by atoms with Gasteiger partial charge in [0.25, 0.3) is 0 Å². The van der Waals surface area contributed by atoms with Crippen molar-refractivity contribution in [3.8, 4) is 0 Å². The summed E-state index contributed by atoms with van der Waals surface area (Å²) in [6.07, 6.45) is 0. The number of nitrogens with two attached hydrogens (primary N) is 1. The molecule has 0 bridgehead atoms. The largest absolute Gasteiger partial charge is 0.389 e. The van der Waals surface area contributed by atoms with E-state index in [1.807, 2.05) is 68.6 Å². The Morgan fingerprint density at radius 2 is 1.80 bits per heavy atom. The van der Waals surface area contributed by atoms with Crippen molar-refractivity contribution >= 4 is 38.3 Å². The Hall–Kier alpha value is -2.90. The first-order valence-electron chi connectivity index (χ1n) is 7.88. The van der Waals surface area contributed by atoms with Crippen LogP contribution in [0.2, 0.25) is 0 Å². The van der Waals surface area contributed by atoms with Crippen molar-refractivity contribution in [1.82, 2.24) is 4.98 Å². The Bertz CT molecular complexity index is 964. The number of allylic oxidation sites excluding steroid dienone is 1. The second kappa shape index (κ2) is 5.58. The predicted molar refractivity (Wildman–Crippen MR) is 100 cm³/mol. The molecule has 0 spiro atoms. The Kier molecular flexibility index (Phi) is 3.48. The van der Waals surface area contributed by atoms with Crippen LogP contribution in [0.25, 0.3) is 10.2 Å². The number of benzene rings is 2. The van der Waals surface area contributed by atoms with Crippen LogP contribution in [0.3, 0.4) is 0 Å². The minimum Gasteiger partial charge on any atom is -0.389 e. The first-order valence-corrected chi connectivity index (χ1v) is 8.69. The van der Waals surface area contributed by atoms with E-state index in [4.69, 9.17) is 5.73 Å². The zero-order valence-corrected chi connectivity index (χ0v) is 14.7. The van der Waals surface area contributed by atoms with Crippen molar-refractivity contribution in [3.63, 3.8) is 0 Å². The third kappa shape index (κ3) is 2.36. The van der Waals surface area contributed by atoms with Crippen molar-refractivity contribution < 1.29 is 9.50 Å². The van der Waals surface area contributed by atoms with Crippen molar-refractivity contribution in [2.45, 2.75) is 6.92 Å². The fourth-order valence-electron chi connectivity index (χ4n) is 2.99. The summed E-state index contributed by atoms with van der Waals surface area (Å²) in [5.41, 5.74) is 12.1. The number of hydrogen-bond donors (Lipinski definition) is 2. The molecule has 4 rings (SSSR count). The molecule has 2 heterocycles. The molecule has 3 aromatic rings. The van der Waals surface area contributed by atoms with E-state index in [1.54, 1.807) is 16.3 Å². The van der Waals surface area contributed by atoms with Gasteiger partial charge in [-0.05, 0) is 24.3 Å². The van der Waals surface area contributed by atoms with E-state index in [0.717, 1.165) is 26.7 Å². The molecule has 0 saturated heterocycles. The predicted octanol–water partition coefficient (Wildman–Crippen LogP) is 3.22. The zero-order chi connectivity index (χ0) is 17.6. The van der Waals surface area contributed by atoms with Gasteiger partial charge in [0.1, 0.15) is 12.7 Å². The van der Waals surface area contributed by atoms with Gasteiger partial charge in [-0.25, -0.2) is 4.98 Å². The van der Waals surface area contributed by atoms with Gasteiger partial charge in [-0.15, -0.1) is 5.01 Å². The monoisotopic (exact) mass is 352 g/mol. The fraction of sp³-hybridized carbons (Fsp3) is 0.111. The molecule has 3 N–H and O–H groups in total. The first-order chi connectivity index (χ1) is 12.0. The van der Waals surface area contributed by atoms with E-state index in [0.29, 0.717) is 0 Å². The third-order valence-electron chi connectivity index (χ3n) is 4.47. The van der Waals surface area contributed by atoms with Crippen molar-refractivity contribution in [1.29, 1.82) is 0 Å². The molecule has 1 atom stereocenters. The highest BCUT2D eigenvalue weighted by Crippen LogP contribution is 2.36. The maximum absolute atomic E-state index is 12.8. The summed E-state index contributed by atoms with van der Waals surface area (Å²) in [6.45, 7) is 1.86. The molecular weight excluding hydrogens is 334 g/mol. The summed E-state index contributed by atoms with van der Waals surface area (Å²) in [5, 5.41) is 2.36. The molecule has 1 amide bonds. The number of thiazole rings is 1. The topological polar surface area (TPSA) is 71.2 Å². The van der Waals surface area contributed by atoms with Crippen LogP contribution in [0, 0.1) is 0 Å². The van der Waals surface area contributed by atoms with Crippen LogP contribution < -0.4 is 16.2 Å². The van der Waals surface area contributed by atoms with Crippen molar-refractivity contribution in [2.24, 2.45) is 5.73 Å². The molecule has 1 aliphatic heterocycles. The van der Waals surface area contributed by atoms with Crippen molar-refractivity contribution in [3.05, 3.63) is 66.0 Å². The minimum absolute atomic E-state index is 0.0362. The minimum atomic E-state index is -0.222. The summed E-state index contributed by atoms with van der Waals surface area (Å²) in [4.78, 5) is 17.4. The molecule has 0 radical (unpaired) electrons. The Balaban J connectivity index is 1.79. The van der Waals surface area contributed by atoms with Crippen LogP contribution in [-0.2, 0) is 4.79 Å². The van der Waals surface area contributed by atoms with Crippen LogP contribution in [0.4, 0.5) is 10.8 Å². The quantitative estimate of drug-likeness (QED) is 0.710. The average Bonchev–Trinajstić information content (AvgIpc) is 3.09. The SMILES string of the molecule is CC1=C(N)C(=O)N(c2ccccc2)[N+]1(C)Nc1nc2ccccc2s1. The average molecular weight is 352 g/mol.